The van der Waals surface area contributed by atoms with Gasteiger partial charge in [-0.15, -0.1) is 0 Å². The molecule has 2 aromatic rings. The molecule has 1 saturated heterocycles. The van der Waals surface area contributed by atoms with Crippen LogP contribution in [0.2, 0.25) is 0 Å². The van der Waals surface area contributed by atoms with E-state index in [-0.39, 0.29) is 18.1 Å². The fourth-order valence-electron chi connectivity index (χ4n) is 2.80. The van der Waals surface area contributed by atoms with E-state index in [0.29, 0.717) is 37.2 Å². The van der Waals surface area contributed by atoms with E-state index >= 15 is 0 Å². The van der Waals surface area contributed by atoms with Crippen LogP contribution in [0, 0.1) is 6.92 Å². The van der Waals surface area contributed by atoms with Gasteiger partial charge in [0.25, 0.3) is 5.91 Å². The van der Waals surface area contributed by atoms with Gasteiger partial charge in [0.15, 0.2) is 5.69 Å². The smallest absolute Gasteiger partial charge is 0.276 e. The monoisotopic (exact) mass is 344 g/mol. The van der Waals surface area contributed by atoms with Gasteiger partial charge in [0.2, 0.25) is 11.3 Å². The van der Waals surface area contributed by atoms with Crippen LogP contribution in [0.1, 0.15) is 16.1 Å². The molecule has 3 rings (SSSR count). The van der Waals surface area contributed by atoms with E-state index in [1.165, 1.54) is 4.68 Å². The summed E-state index contributed by atoms with van der Waals surface area (Å²) in [5, 5.41) is 7.00. The van der Waals surface area contributed by atoms with E-state index in [2.05, 4.69) is 10.4 Å². The van der Waals surface area contributed by atoms with E-state index in [1.54, 1.807) is 24.1 Å². The van der Waals surface area contributed by atoms with Crippen LogP contribution < -0.4 is 10.7 Å². The van der Waals surface area contributed by atoms with Crippen LogP contribution in [0.4, 0.5) is 0 Å². The van der Waals surface area contributed by atoms with E-state index in [0.717, 1.165) is 5.56 Å². The third kappa shape index (κ3) is 3.53. The van der Waals surface area contributed by atoms with Crippen molar-refractivity contribution in [3.63, 3.8) is 0 Å². The molecule has 0 atom stereocenters. The number of nitrogens with one attached hydrogen (secondary N) is 1. The minimum atomic E-state index is -0.648. The van der Waals surface area contributed by atoms with Gasteiger partial charge >= 0.3 is 0 Å². The van der Waals surface area contributed by atoms with Gasteiger partial charge in [-0.05, 0) is 19.1 Å². The van der Waals surface area contributed by atoms with Crippen molar-refractivity contribution in [1.82, 2.24) is 20.0 Å². The Labute approximate surface area is 144 Å². The highest BCUT2D eigenvalue weighted by atomic mass is 16.5. The third-order valence-electron chi connectivity index (χ3n) is 4.19. The highest BCUT2D eigenvalue weighted by molar-refractivity contribution is 5.97. The number of carbonyl (C=O) groups excluding carboxylic acids is 2. The Balaban J connectivity index is 1.79. The first-order chi connectivity index (χ1) is 12.0. The quantitative estimate of drug-likeness (QED) is 0.834. The van der Waals surface area contributed by atoms with Crippen molar-refractivity contribution in [2.24, 2.45) is 7.05 Å². The molecular formula is C17H20N4O4. The molecular weight excluding hydrogens is 324 g/mol. The van der Waals surface area contributed by atoms with E-state index in [9.17, 15) is 14.4 Å². The number of aryl methyl sites for hydroxylation is 2. The van der Waals surface area contributed by atoms with Crippen LogP contribution >= 0.6 is 0 Å². The molecule has 0 radical (unpaired) electrons. The van der Waals surface area contributed by atoms with Gasteiger partial charge in [-0.2, -0.15) is 5.10 Å². The van der Waals surface area contributed by atoms with Crippen molar-refractivity contribution >= 4 is 22.7 Å². The molecule has 1 aromatic heterocycles. The van der Waals surface area contributed by atoms with Crippen molar-refractivity contribution in [1.29, 1.82) is 0 Å². The maximum atomic E-state index is 12.6. The highest BCUT2D eigenvalue weighted by Crippen LogP contribution is 2.11. The molecule has 1 aliphatic rings. The lowest BCUT2D eigenvalue weighted by Gasteiger charge is -2.26. The number of hydrogen-bond acceptors (Lipinski definition) is 5. The maximum absolute atomic E-state index is 12.6. The standard InChI is InChI=1S/C17H20N4O4/c1-11-3-4-13-12(9-11)16(23)15(19-20(13)2)17(24)18-10-14(22)21-5-7-25-8-6-21/h3-4,9H,5-8,10H2,1-2H3,(H,18,24). The number of carbonyl (C=O) groups is 2. The zero-order valence-electron chi connectivity index (χ0n) is 14.2. The number of ether oxygens (including phenoxy) is 1. The maximum Gasteiger partial charge on any atom is 0.276 e. The number of nitrogens with zero attached hydrogens (tertiary/aromatic N) is 3. The Morgan fingerprint density at radius 1 is 1.28 bits per heavy atom. The minimum absolute atomic E-state index is 0.171. The number of rotatable bonds is 3. The summed E-state index contributed by atoms with van der Waals surface area (Å²) in [4.78, 5) is 38.6. The Hall–Kier alpha value is -2.74. The first-order valence-corrected chi connectivity index (χ1v) is 8.09. The number of morpholine rings is 1. The van der Waals surface area contributed by atoms with Gasteiger partial charge in [0.1, 0.15) is 0 Å². The highest BCUT2D eigenvalue weighted by Gasteiger charge is 2.20. The first-order valence-electron chi connectivity index (χ1n) is 8.09. The topological polar surface area (TPSA) is 93.5 Å². The average molecular weight is 344 g/mol. The van der Waals surface area contributed by atoms with Gasteiger partial charge in [0.05, 0.1) is 30.7 Å². The number of benzene rings is 1. The Bertz CT molecular complexity index is 884. The van der Waals surface area contributed by atoms with Crippen molar-refractivity contribution in [3.8, 4) is 0 Å². The summed E-state index contributed by atoms with van der Waals surface area (Å²) in [6.45, 7) is 3.70. The normalized spacial score (nSPS) is 14.6. The van der Waals surface area contributed by atoms with Crippen molar-refractivity contribution in [3.05, 3.63) is 39.7 Å². The van der Waals surface area contributed by atoms with Gasteiger partial charge in [0, 0.05) is 20.1 Å². The van der Waals surface area contributed by atoms with Crippen LogP contribution in [0.15, 0.2) is 23.0 Å². The van der Waals surface area contributed by atoms with Gasteiger partial charge in [-0.1, -0.05) is 11.6 Å². The Morgan fingerprint density at radius 2 is 2.00 bits per heavy atom. The molecule has 1 aliphatic heterocycles. The first kappa shape index (κ1) is 17.1. The second-order valence-corrected chi connectivity index (χ2v) is 6.00. The van der Waals surface area contributed by atoms with Crippen LogP contribution in [0.25, 0.3) is 10.9 Å². The molecule has 132 valence electrons. The number of hydrogen-bond donors (Lipinski definition) is 1. The van der Waals surface area contributed by atoms with Gasteiger partial charge < -0.3 is 15.0 Å². The second-order valence-electron chi connectivity index (χ2n) is 6.00. The molecule has 0 saturated carbocycles. The lowest BCUT2D eigenvalue weighted by molar-refractivity contribution is -0.134. The lowest BCUT2D eigenvalue weighted by Crippen LogP contribution is -2.46. The number of amides is 2. The van der Waals surface area contributed by atoms with E-state index < -0.39 is 11.3 Å². The lowest BCUT2D eigenvalue weighted by atomic mass is 10.1. The van der Waals surface area contributed by atoms with Crippen LogP contribution in [-0.2, 0) is 16.6 Å². The summed E-state index contributed by atoms with van der Waals surface area (Å²) < 4.78 is 6.68. The Kier molecular flexibility index (Phi) is 4.80. The average Bonchev–Trinajstić information content (AvgIpc) is 2.63. The fourth-order valence-corrected chi connectivity index (χ4v) is 2.80. The second kappa shape index (κ2) is 7.02. The van der Waals surface area contributed by atoms with Crippen LogP contribution in [0.5, 0.6) is 0 Å². The predicted octanol–water partition coefficient (Wildman–Crippen LogP) is -0.169. The van der Waals surface area contributed by atoms with Crippen molar-refractivity contribution in [2.75, 3.05) is 32.8 Å². The minimum Gasteiger partial charge on any atom is -0.378 e. The predicted molar refractivity (Wildman–Crippen MR) is 91.5 cm³/mol. The van der Waals surface area contributed by atoms with Gasteiger partial charge in [-0.25, -0.2) is 0 Å². The van der Waals surface area contributed by atoms with Crippen molar-refractivity contribution in [2.45, 2.75) is 6.92 Å². The number of fused-ring (bicyclic) bond motifs is 1. The summed E-state index contributed by atoms with van der Waals surface area (Å²) in [5.41, 5.74) is 0.921. The third-order valence-corrected chi connectivity index (χ3v) is 4.19. The van der Waals surface area contributed by atoms with E-state index in [1.807, 2.05) is 13.0 Å². The summed E-state index contributed by atoms with van der Waals surface area (Å²) in [7, 11) is 1.67. The summed E-state index contributed by atoms with van der Waals surface area (Å²) in [5.74, 6) is -0.851. The molecule has 1 aromatic carbocycles. The molecule has 8 nitrogen and oxygen atoms in total. The van der Waals surface area contributed by atoms with Crippen molar-refractivity contribution < 1.29 is 14.3 Å². The molecule has 1 N–H and O–H groups in total. The van der Waals surface area contributed by atoms with Crippen LogP contribution in [-0.4, -0.2) is 59.3 Å². The zero-order valence-corrected chi connectivity index (χ0v) is 14.2. The summed E-state index contributed by atoms with van der Waals surface area (Å²) in [6.07, 6.45) is 0. The number of aromatic nitrogens is 2. The molecule has 1 fully saturated rings. The Morgan fingerprint density at radius 3 is 2.72 bits per heavy atom. The molecule has 0 unspecified atom stereocenters. The summed E-state index contributed by atoms with van der Waals surface area (Å²) >= 11 is 0. The van der Waals surface area contributed by atoms with E-state index in [4.69, 9.17) is 4.74 Å². The zero-order chi connectivity index (χ0) is 18.0. The molecule has 2 heterocycles. The van der Waals surface area contributed by atoms with Crippen LogP contribution in [0.3, 0.4) is 0 Å². The van der Waals surface area contributed by atoms with Gasteiger partial charge in [-0.3, -0.25) is 19.1 Å². The molecule has 0 bridgehead atoms. The molecule has 8 heteroatoms. The molecule has 2 amide bonds. The molecule has 25 heavy (non-hydrogen) atoms. The fraction of sp³-hybridized carbons (Fsp3) is 0.412. The molecule has 0 spiro atoms. The molecule has 0 aliphatic carbocycles. The summed E-state index contributed by atoms with van der Waals surface area (Å²) in [6, 6.07) is 5.40. The SMILES string of the molecule is Cc1ccc2c(c1)c(=O)c(C(=O)NCC(=O)N1CCOCC1)nn2C. The largest absolute Gasteiger partial charge is 0.378 e.